The van der Waals surface area contributed by atoms with Crippen molar-refractivity contribution in [3.63, 3.8) is 0 Å². The molecule has 0 aromatic carbocycles. The van der Waals surface area contributed by atoms with Gasteiger partial charge >= 0.3 is 0 Å². The molecule has 0 atom stereocenters. The van der Waals surface area contributed by atoms with Crippen LogP contribution in [0.25, 0.3) is 21.0 Å². The van der Waals surface area contributed by atoms with Crippen LogP contribution in [0, 0.1) is 13.8 Å². The molecule has 5 heteroatoms. The third-order valence-electron chi connectivity index (χ3n) is 3.72. The molecule has 0 radical (unpaired) electrons. The summed E-state index contributed by atoms with van der Waals surface area (Å²) in [7, 11) is 0. The third kappa shape index (κ3) is 1.85. The van der Waals surface area contributed by atoms with E-state index >= 15 is 0 Å². The zero-order valence-corrected chi connectivity index (χ0v) is 13.2. The summed E-state index contributed by atoms with van der Waals surface area (Å²) in [6.45, 7) is 4.26. The van der Waals surface area contributed by atoms with Gasteiger partial charge in [-0.3, -0.25) is 9.78 Å². The zero-order chi connectivity index (χ0) is 14.6. The van der Waals surface area contributed by atoms with Gasteiger partial charge in [0.1, 0.15) is 0 Å². The lowest BCUT2D eigenvalue weighted by Crippen LogP contribution is -2.03. The summed E-state index contributed by atoms with van der Waals surface area (Å²) in [6, 6.07) is 3.71. The van der Waals surface area contributed by atoms with Crippen molar-refractivity contribution in [2.75, 3.05) is 5.32 Å². The van der Waals surface area contributed by atoms with Gasteiger partial charge in [0.05, 0.1) is 21.0 Å². The highest BCUT2D eigenvalue weighted by Crippen LogP contribution is 2.40. The number of fused-ring (bicyclic) bond motifs is 2. The van der Waals surface area contributed by atoms with E-state index in [2.05, 4.69) is 29.5 Å². The van der Waals surface area contributed by atoms with E-state index in [9.17, 15) is 4.79 Å². The molecule has 3 aromatic rings. The number of nitrogens with zero attached hydrogens (tertiary/aromatic N) is 1. The highest BCUT2D eigenvalue weighted by molar-refractivity contribution is 7.38. The van der Waals surface area contributed by atoms with Crippen LogP contribution in [0.15, 0.2) is 23.7 Å². The minimum absolute atomic E-state index is 0.0726. The standard InChI is InChI=1S/C16H12N2OS2/c1-8-7-20-16-13(8)9(2)12(21-16)6-10-14-11(18-15(10)19)4-3-5-17-14/h3-7H,1-2H3,(H,18,19). The van der Waals surface area contributed by atoms with Crippen LogP contribution in [-0.4, -0.2) is 10.9 Å². The Bertz CT molecular complexity index is 918. The Morgan fingerprint density at radius 3 is 3.00 bits per heavy atom. The second-order valence-electron chi connectivity index (χ2n) is 5.08. The van der Waals surface area contributed by atoms with Crippen LogP contribution in [0.5, 0.6) is 0 Å². The Kier molecular flexibility index (Phi) is 2.74. The average molecular weight is 312 g/mol. The molecule has 21 heavy (non-hydrogen) atoms. The van der Waals surface area contributed by atoms with Crippen LogP contribution in [0.2, 0.25) is 0 Å². The Balaban J connectivity index is 1.90. The monoisotopic (exact) mass is 312 g/mol. The van der Waals surface area contributed by atoms with Gasteiger partial charge < -0.3 is 5.32 Å². The van der Waals surface area contributed by atoms with E-state index in [1.165, 1.54) is 20.5 Å². The van der Waals surface area contributed by atoms with Gasteiger partial charge in [-0.2, -0.15) is 0 Å². The zero-order valence-electron chi connectivity index (χ0n) is 11.6. The second-order valence-corrected chi connectivity index (χ2v) is 7.27. The number of thiophene rings is 2. The SMILES string of the molecule is Cc1csc2sc(C=C3C(=O)Nc4cccnc43)c(C)c12. The molecule has 1 aliphatic rings. The number of aromatic nitrogens is 1. The molecule has 4 heterocycles. The number of rotatable bonds is 1. The lowest BCUT2D eigenvalue weighted by Gasteiger charge is -1.97. The van der Waals surface area contributed by atoms with E-state index in [4.69, 9.17) is 0 Å². The Labute approximate surface area is 130 Å². The molecule has 1 N–H and O–H groups in total. The number of anilines is 1. The van der Waals surface area contributed by atoms with Gasteiger partial charge in [0.25, 0.3) is 5.91 Å². The van der Waals surface area contributed by atoms with Crippen molar-refractivity contribution in [1.29, 1.82) is 0 Å². The molecule has 3 nitrogen and oxygen atoms in total. The maximum absolute atomic E-state index is 12.2. The highest BCUT2D eigenvalue weighted by atomic mass is 32.2. The number of nitrogens with one attached hydrogen (secondary N) is 1. The van der Waals surface area contributed by atoms with Crippen molar-refractivity contribution < 1.29 is 4.79 Å². The molecule has 0 fully saturated rings. The number of amides is 1. The van der Waals surface area contributed by atoms with E-state index < -0.39 is 0 Å². The van der Waals surface area contributed by atoms with Crippen molar-refractivity contribution in [2.24, 2.45) is 0 Å². The highest BCUT2D eigenvalue weighted by Gasteiger charge is 2.25. The lowest BCUT2D eigenvalue weighted by molar-refractivity contribution is -0.110. The molecule has 104 valence electrons. The largest absolute Gasteiger partial charge is 0.320 e. The van der Waals surface area contributed by atoms with Crippen LogP contribution >= 0.6 is 22.7 Å². The van der Waals surface area contributed by atoms with Crippen molar-refractivity contribution in [2.45, 2.75) is 13.8 Å². The Morgan fingerprint density at radius 1 is 1.33 bits per heavy atom. The Morgan fingerprint density at radius 2 is 2.19 bits per heavy atom. The lowest BCUT2D eigenvalue weighted by atomic mass is 10.1. The summed E-state index contributed by atoms with van der Waals surface area (Å²) in [5.41, 5.74) is 4.75. The summed E-state index contributed by atoms with van der Waals surface area (Å²) in [5, 5.41) is 6.38. The van der Waals surface area contributed by atoms with Gasteiger partial charge in [-0.1, -0.05) is 0 Å². The minimum atomic E-state index is -0.0726. The second kappa shape index (κ2) is 4.51. The Hall–Kier alpha value is -1.98. The molecule has 0 spiro atoms. The van der Waals surface area contributed by atoms with Crippen LogP contribution in [0.1, 0.15) is 21.7 Å². The predicted octanol–water partition coefficient (Wildman–Crippen LogP) is 4.47. The van der Waals surface area contributed by atoms with Gasteiger partial charge in [0.2, 0.25) is 0 Å². The van der Waals surface area contributed by atoms with Crippen molar-refractivity contribution in [1.82, 2.24) is 4.98 Å². The fourth-order valence-corrected chi connectivity index (χ4v) is 5.15. The van der Waals surface area contributed by atoms with Crippen molar-refractivity contribution >= 4 is 55.3 Å². The quantitative estimate of drug-likeness (QED) is 0.674. The predicted molar refractivity (Wildman–Crippen MR) is 89.9 cm³/mol. The van der Waals surface area contributed by atoms with Crippen LogP contribution < -0.4 is 5.32 Å². The number of carbonyl (C=O) groups is 1. The van der Waals surface area contributed by atoms with Crippen LogP contribution in [0.3, 0.4) is 0 Å². The van der Waals surface area contributed by atoms with Gasteiger partial charge in [-0.15, -0.1) is 22.7 Å². The summed E-state index contributed by atoms with van der Waals surface area (Å²) < 4.78 is 1.32. The van der Waals surface area contributed by atoms with E-state index in [1.807, 2.05) is 18.2 Å². The molecule has 1 aliphatic heterocycles. The first-order chi connectivity index (χ1) is 10.1. The molecule has 4 rings (SSSR count). The first-order valence-electron chi connectivity index (χ1n) is 6.61. The third-order valence-corrected chi connectivity index (χ3v) is 6.18. The number of hydrogen-bond donors (Lipinski definition) is 1. The number of aryl methyl sites for hydroxylation is 2. The molecular weight excluding hydrogens is 300 g/mol. The molecule has 0 aliphatic carbocycles. The maximum Gasteiger partial charge on any atom is 0.258 e. The fourth-order valence-electron chi connectivity index (χ4n) is 2.66. The summed E-state index contributed by atoms with van der Waals surface area (Å²) in [6.07, 6.45) is 3.69. The van der Waals surface area contributed by atoms with Crippen LogP contribution in [-0.2, 0) is 4.79 Å². The van der Waals surface area contributed by atoms with E-state index in [1.54, 1.807) is 28.9 Å². The average Bonchev–Trinajstić information content (AvgIpc) is 3.08. The van der Waals surface area contributed by atoms with Crippen LogP contribution in [0.4, 0.5) is 5.69 Å². The first kappa shape index (κ1) is 12.7. The molecule has 0 saturated carbocycles. The molecule has 3 aromatic heterocycles. The van der Waals surface area contributed by atoms with Gasteiger partial charge in [-0.05, 0) is 48.6 Å². The number of hydrogen-bond acceptors (Lipinski definition) is 4. The topological polar surface area (TPSA) is 42.0 Å². The van der Waals surface area contributed by atoms with Gasteiger partial charge in [-0.25, -0.2) is 0 Å². The first-order valence-corrected chi connectivity index (χ1v) is 8.30. The molecule has 1 amide bonds. The summed E-state index contributed by atoms with van der Waals surface area (Å²) in [4.78, 5) is 17.6. The normalized spacial score (nSPS) is 15.7. The summed E-state index contributed by atoms with van der Waals surface area (Å²) in [5.74, 6) is -0.0726. The number of carbonyl (C=O) groups excluding carboxylic acids is 1. The minimum Gasteiger partial charge on any atom is -0.320 e. The van der Waals surface area contributed by atoms with E-state index in [0.29, 0.717) is 5.57 Å². The van der Waals surface area contributed by atoms with Gasteiger partial charge in [0.15, 0.2) is 0 Å². The molecule has 0 saturated heterocycles. The fraction of sp³-hybridized carbons (Fsp3) is 0.125. The van der Waals surface area contributed by atoms with E-state index in [-0.39, 0.29) is 5.91 Å². The van der Waals surface area contributed by atoms with E-state index in [0.717, 1.165) is 16.3 Å². The smallest absolute Gasteiger partial charge is 0.258 e. The molecular formula is C16H12N2OS2. The summed E-state index contributed by atoms with van der Waals surface area (Å²) >= 11 is 3.51. The molecule has 0 unspecified atom stereocenters. The van der Waals surface area contributed by atoms with Crippen molar-refractivity contribution in [3.8, 4) is 0 Å². The maximum atomic E-state index is 12.2. The van der Waals surface area contributed by atoms with Crippen molar-refractivity contribution in [3.05, 3.63) is 45.4 Å². The van der Waals surface area contributed by atoms with Gasteiger partial charge in [0, 0.05) is 16.5 Å². The number of pyridine rings is 1. The molecule has 0 bridgehead atoms.